The molecule has 0 aliphatic rings. The number of nitrogens with zero attached hydrogens (tertiary/aromatic N) is 2. The number of nitrogens with two attached hydrogens (primary N) is 1. The van der Waals surface area contributed by atoms with E-state index in [0.717, 1.165) is 53.0 Å². The van der Waals surface area contributed by atoms with Crippen LogP contribution < -0.4 is 11.1 Å². The van der Waals surface area contributed by atoms with Crippen LogP contribution in [-0.4, -0.2) is 81.8 Å². The number of carbonyl (C=O) groups excluding carboxylic acids is 2. The Morgan fingerprint density at radius 3 is 2.51 bits per heavy atom. The maximum absolute atomic E-state index is 15.0. The number of ether oxygens (including phenoxy) is 1. The second-order valence-corrected chi connectivity index (χ2v) is 14.3. The van der Waals surface area contributed by atoms with Crippen LogP contribution in [0.5, 0.6) is 0 Å². The number of benzene rings is 2. The normalized spacial score (nSPS) is 12.7. The maximum atomic E-state index is 15.0. The number of carboxylic acids is 1. The summed E-state index contributed by atoms with van der Waals surface area (Å²) in [7, 11) is 0. The molecule has 2 amide bonds. The first kappa shape index (κ1) is 37.9. The Labute approximate surface area is 283 Å². The van der Waals surface area contributed by atoms with Gasteiger partial charge in [0.2, 0.25) is 5.91 Å². The van der Waals surface area contributed by atoms with Crippen molar-refractivity contribution in [2.45, 2.75) is 45.8 Å². The van der Waals surface area contributed by atoms with Crippen molar-refractivity contribution in [3.63, 3.8) is 0 Å². The van der Waals surface area contributed by atoms with Gasteiger partial charge in [0.05, 0.1) is 18.1 Å². The van der Waals surface area contributed by atoms with Crippen molar-refractivity contribution in [3.8, 4) is 11.1 Å². The summed E-state index contributed by atoms with van der Waals surface area (Å²) in [6, 6.07) is 13.1. The second-order valence-electron chi connectivity index (χ2n) is 12.2. The molecule has 1 heterocycles. The molecule has 3 aromatic rings. The minimum atomic E-state index is -1.15. The van der Waals surface area contributed by atoms with Crippen LogP contribution in [0.4, 0.5) is 13.6 Å². The van der Waals surface area contributed by atoms with Crippen molar-refractivity contribution in [3.05, 3.63) is 83.7 Å². The molecule has 0 radical (unpaired) electrons. The van der Waals surface area contributed by atoms with Crippen LogP contribution in [0.1, 0.15) is 44.5 Å². The van der Waals surface area contributed by atoms with E-state index < -0.39 is 41.2 Å². The predicted molar refractivity (Wildman–Crippen MR) is 186 cm³/mol. The first-order valence-corrected chi connectivity index (χ1v) is 18.0. The molecule has 4 N–H and O–H groups in total. The molecular formula is C34H45F2N4O5S2+. The highest BCUT2D eigenvalue weighted by Crippen LogP contribution is 2.41. The number of thioether (sulfide) groups is 1. The van der Waals surface area contributed by atoms with E-state index in [9.17, 15) is 23.9 Å². The van der Waals surface area contributed by atoms with E-state index in [2.05, 4.69) is 5.32 Å². The Morgan fingerprint density at radius 2 is 1.85 bits per heavy atom. The molecule has 2 atom stereocenters. The summed E-state index contributed by atoms with van der Waals surface area (Å²) in [6.07, 6.45) is 3.62. The number of rotatable bonds is 17. The molecule has 0 fully saturated rings. The molecule has 0 saturated heterocycles. The fraction of sp³-hybridized carbons (Fsp3) is 0.441. The van der Waals surface area contributed by atoms with Gasteiger partial charge in [-0.1, -0.05) is 51.1 Å². The number of aromatic nitrogens is 1. The molecule has 0 saturated carbocycles. The lowest BCUT2D eigenvalue weighted by Gasteiger charge is -2.41. The predicted octanol–water partition coefficient (Wildman–Crippen LogP) is 5.10. The number of alkyl carbamates (subject to hydrolysis) is 1. The summed E-state index contributed by atoms with van der Waals surface area (Å²) in [6.45, 7) is 7.21. The lowest BCUT2D eigenvalue weighted by atomic mass is 9.83. The Bertz CT molecular complexity index is 1480. The Balaban J connectivity index is 2.02. The number of hydrogen-bond acceptors (Lipinski definition) is 6. The number of carboxylic acid groups (broad SMARTS) is 1. The molecule has 3 rings (SSSR count). The van der Waals surface area contributed by atoms with E-state index in [0.29, 0.717) is 30.8 Å². The van der Waals surface area contributed by atoms with Crippen molar-refractivity contribution in [1.29, 1.82) is 0 Å². The van der Waals surface area contributed by atoms with Gasteiger partial charge in [-0.15, -0.1) is 11.8 Å². The topological polar surface area (TPSA) is 127 Å². The molecule has 13 heteroatoms. The number of amides is 2. The van der Waals surface area contributed by atoms with Crippen molar-refractivity contribution in [2.24, 2.45) is 11.1 Å². The van der Waals surface area contributed by atoms with E-state index in [1.165, 1.54) is 0 Å². The molecule has 2 aromatic carbocycles. The minimum absolute atomic E-state index is 0.0238. The number of hydrogen-bond donors (Lipinski definition) is 3. The number of carbonyl (C=O) groups is 3. The lowest BCUT2D eigenvalue weighted by molar-refractivity contribution is -0.138. The van der Waals surface area contributed by atoms with Crippen LogP contribution in [0.3, 0.4) is 0 Å². The lowest BCUT2D eigenvalue weighted by Crippen LogP contribution is -2.44. The van der Waals surface area contributed by atoms with Gasteiger partial charge < -0.3 is 30.4 Å². The highest BCUT2D eigenvalue weighted by atomic mass is 32.2. The van der Waals surface area contributed by atoms with Gasteiger partial charge in [-0.2, -0.15) is 0 Å². The molecule has 0 spiro atoms. The van der Waals surface area contributed by atoms with Crippen molar-refractivity contribution < 1.29 is 33.0 Å². The molecule has 1 unspecified atom stereocenters. The molecule has 0 aliphatic heterocycles. The summed E-state index contributed by atoms with van der Waals surface area (Å²) >= 11 is 2.25. The minimum Gasteiger partial charge on any atom is -0.480 e. The van der Waals surface area contributed by atoms with E-state index in [1.807, 2.05) is 61.9 Å². The quantitative estimate of drug-likeness (QED) is 0.102. The Morgan fingerprint density at radius 1 is 1.13 bits per heavy atom. The summed E-state index contributed by atoms with van der Waals surface area (Å²) in [5.41, 5.74) is 7.40. The van der Waals surface area contributed by atoms with Crippen LogP contribution in [0, 0.1) is 17.0 Å². The highest BCUT2D eigenvalue weighted by molar-refractivity contribution is 8.00. The monoisotopic (exact) mass is 691 g/mol. The average Bonchev–Trinajstić information content (AvgIpc) is 3.41. The summed E-state index contributed by atoms with van der Waals surface area (Å²) < 4.78 is 36.5. The third-order valence-electron chi connectivity index (χ3n) is 7.33. The summed E-state index contributed by atoms with van der Waals surface area (Å²) in [5.74, 6) is -1.78. The van der Waals surface area contributed by atoms with Gasteiger partial charge in [-0.25, -0.2) is 13.6 Å². The van der Waals surface area contributed by atoms with Gasteiger partial charge in [-0.05, 0) is 53.4 Å². The fourth-order valence-electron chi connectivity index (χ4n) is 5.16. The van der Waals surface area contributed by atoms with Crippen LogP contribution in [0.2, 0.25) is 0 Å². The maximum Gasteiger partial charge on any atom is 0.407 e. The van der Waals surface area contributed by atoms with Crippen molar-refractivity contribution >= 4 is 41.5 Å². The first-order valence-electron chi connectivity index (χ1n) is 15.3. The van der Waals surface area contributed by atoms with Crippen LogP contribution >= 0.6 is 11.8 Å². The Hall–Kier alpha value is -3.55. The highest BCUT2D eigenvalue weighted by Gasteiger charge is 2.37. The standard InChI is InChI=1S/C34H44F2N4O5S2/c1-34(2,3)31(40(30(41)22-47-21-28(37)32(42)43)14-8-13-38-33(44)45-15-16-46-4)29-17-24(26-18-25(35)11-12-27(26)36)20-39(29)19-23-9-6-5-7-10-23/h5-7,9-12,17-18,20,28,31H,8,13-16,19,21-22,37H2,1-4H3,(H,38,44)(H,42,43)/p+1/t28-,31?/m0/s1. The molecular weight excluding hydrogens is 647 g/mol. The SMILES string of the molecule is C[SH+]CCOC(=O)NCCCN(C(=O)CSC[C@H](N)C(=O)O)C(c1cc(-c2cc(F)ccc2F)cn1Cc1ccccc1)C(C)(C)C. The number of halogens is 2. The molecule has 0 bridgehead atoms. The van der Waals surface area contributed by atoms with Crippen LogP contribution in [0.15, 0.2) is 60.8 Å². The second kappa shape index (κ2) is 18.1. The molecule has 256 valence electrons. The smallest absolute Gasteiger partial charge is 0.407 e. The van der Waals surface area contributed by atoms with E-state index in [-0.39, 0.29) is 36.1 Å². The van der Waals surface area contributed by atoms with E-state index in [4.69, 9.17) is 10.5 Å². The van der Waals surface area contributed by atoms with Gasteiger partial charge in [-0.3, -0.25) is 9.59 Å². The molecule has 47 heavy (non-hydrogen) atoms. The number of thiol groups is 1. The van der Waals surface area contributed by atoms with Crippen LogP contribution in [-0.2, 0) is 32.6 Å². The van der Waals surface area contributed by atoms with Gasteiger partial charge in [0, 0.05) is 48.4 Å². The van der Waals surface area contributed by atoms with E-state index >= 15 is 4.39 Å². The average molecular weight is 692 g/mol. The first-order chi connectivity index (χ1) is 22.3. The van der Waals surface area contributed by atoms with E-state index in [1.54, 1.807) is 17.2 Å². The van der Waals surface area contributed by atoms with Crippen LogP contribution in [0.25, 0.3) is 11.1 Å². The van der Waals surface area contributed by atoms with Gasteiger partial charge in [0.1, 0.15) is 30.0 Å². The summed E-state index contributed by atoms with van der Waals surface area (Å²) in [4.78, 5) is 39.1. The Kier molecular flexibility index (Phi) is 14.6. The molecule has 1 aromatic heterocycles. The number of aliphatic carboxylic acids is 1. The van der Waals surface area contributed by atoms with Gasteiger partial charge in [0.25, 0.3) is 0 Å². The number of nitrogens with one attached hydrogen (secondary N) is 1. The third-order valence-corrected chi connectivity index (χ3v) is 9.01. The third kappa shape index (κ3) is 11.6. The zero-order valence-electron chi connectivity index (χ0n) is 27.2. The molecule has 9 nitrogen and oxygen atoms in total. The van der Waals surface area contributed by atoms with Gasteiger partial charge >= 0.3 is 12.1 Å². The zero-order valence-corrected chi connectivity index (χ0v) is 29.0. The summed E-state index contributed by atoms with van der Waals surface area (Å²) in [5, 5.41) is 11.9. The van der Waals surface area contributed by atoms with Crippen molar-refractivity contribution in [1.82, 2.24) is 14.8 Å². The molecule has 0 aliphatic carbocycles. The zero-order chi connectivity index (χ0) is 34.6. The van der Waals surface area contributed by atoms with Crippen molar-refractivity contribution in [2.75, 3.05) is 43.2 Å². The largest absolute Gasteiger partial charge is 0.480 e. The fourth-order valence-corrected chi connectivity index (χ4v) is 6.29. The van der Waals surface area contributed by atoms with Gasteiger partial charge in [0.15, 0.2) is 0 Å².